The Labute approximate surface area is 118 Å². The molecule has 0 aliphatic heterocycles. The second kappa shape index (κ2) is 6.06. The largest absolute Gasteiger partial charge is 0.366 e. The number of hydrogen-bond donors (Lipinski definition) is 1. The molecule has 0 saturated carbocycles. The van der Waals surface area contributed by atoms with E-state index in [1.165, 1.54) is 5.56 Å². The van der Waals surface area contributed by atoms with Crippen molar-refractivity contribution < 1.29 is 4.74 Å². The highest BCUT2D eigenvalue weighted by Crippen LogP contribution is 2.27. The minimum Gasteiger partial charge on any atom is -0.366 e. The van der Waals surface area contributed by atoms with E-state index < -0.39 is 0 Å². The minimum absolute atomic E-state index is 0.0559. The van der Waals surface area contributed by atoms with Crippen LogP contribution in [0, 0.1) is 0 Å². The monoisotopic (exact) mass is 263 g/mol. The van der Waals surface area contributed by atoms with E-state index in [0.717, 1.165) is 0 Å². The van der Waals surface area contributed by atoms with Gasteiger partial charge < -0.3 is 10.1 Å². The van der Waals surface area contributed by atoms with E-state index in [-0.39, 0.29) is 23.3 Å². The Kier molecular flexibility index (Phi) is 5.17. The molecule has 0 amide bonds. The minimum atomic E-state index is -0.158. The van der Waals surface area contributed by atoms with Gasteiger partial charge in [0.15, 0.2) is 0 Å². The molecule has 0 heterocycles. The summed E-state index contributed by atoms with van der Waals surface area (Å²) in [5.41, 5.74) is 1.14. The molecule has 0 fully saturated rings. The summed E-state index contributed by atoms with van der Waals surface area (Å²) < 4.78 is 6.27. The molecule has 0 radical (unpaired) electrons. The lowest BCUT2D eigenvalue weighted by atomic mass is 9.99. The van der Waals surface area contributed by atoms with Crippen molar-refractivity contribution in [2.45, 2.75) is 71.8 Å². The van der Waals surface area contributed by atoms with Gasteiger partial charge in [-0.1, -0.05) is 30.3 Å². The van der Waals surface area contributed by atoms with Crippen LogP contribution in [-0.2, 0) is 4.74 Å². The summed E-state index contributed by atoms with van der Waals surface area (Å²) in [7, 11) is 0. The molecule has 2 atom stereocenters. The number of ether oxygens (including phenoxy) is 1. The molecule has 1 rings (SSSR count). The van der Waals surface area contributed by atoms with Gasteiger partial charge in [0.25, 0.3) is 0 Å². The Morgan fingerprint density at radius 1 is 0.947 bits per heavy atom. The van der Waals surface area contributed by atoms with Crippen LogP contribution < -0.4 is 5.32 Å². The maximum absolute atomic E-state index is 6.27. The van der Waals surface area contributed by atoms with Gasteiger partial charge in [-0.05, 0) is 54.0 Å². The van der Waals surface area contributed by atoms with Gasteiger partial charge in [-0.2, -0.15) is 0 Å². The molecule has 1 aromatic rings. The van der Waals surface area contributed by atoms with Crippen molar-refractivity contribution in [3.05, 3.63) is 35.9 Å². The van der Waals surface area contributed by atoms with E-state index in [9.17, 15) is 0 Å². The standard InChI is InChI=1S/C17H29NO/c1-13(18-16(2,3)4)15(19-17(5,6)7)14-11-9-8-10-12-14/h8-13,15,18H,1-7H3/t13-,15-/m0/s1. The number of benzene rings is 1. The van der Waals surface area contributed by atoms with Crippen LogP contribution in [0.2, 0.25) is 0 Å². The Bertz CT molecular complexity index is 372. The molecular formula is C17H29NO. The Hall–Kier alpha value is -0.860. The molecule has 0 aliphatic rings. The van der Waals surface area contributed by atoms with E-state index in [1.807, 2.05) is 6.07 Å². The third-order valence-corrected chi connectivity index (χ3v) is 2.72. The number of hydrogen-bond acceptors (Lipinski definition) is 2. The number of rotatable bonds is 4. The van der Waals surface area contributed by atoms with Crippen molar-refractivity contribution in [2.24, 2.45) is 0 Å². The van der Waals surface area contributed by atoms with E-state index in [4.69, 9.17) is 4.74 Å². The first kappa shape index (κ1) is 16.2. The zero-order valence-corrected chi connectivity index (χ0v) is 13.4. The second-order valence-corrected chi connectivity index (χ2v) is 7.24. The summed E-state index contributed by atoms with van der Waals surface area (Å²) in [5, 5.41) is 3.62. The van der Waals surface area contributed by atoms with Crippen molar-refractivity contribution in [1.82, 2.24) is 5.32 Å². The molecular weight excluding hydrogens is 234 g/mol. The Morgan fingerprint density at radius 2 is 1.47 bits per heavy atom. The fourth-order valence-corrected chi connectivity index (χ4v) is 2.24. The van der Waals surface area contributed by atoms with Gasteiger partial charge in [-0.15, -0.1) is 0 Å². The van der Waals surface area contributed by atoms with Crippen LogP contribution in [0.1, 0.15) is 60.1 Å². The fraction of sp³-hybridized carbons (Fsp3) is 0.647. The van der Waals surface area contributed by atoms with Crippen molar-refractivity contribution in [2.75, 3.05) is 0 Å². The maximum Gasteiger partial charge on any atom is 0.0982 e. The zero-order chi connectivity index (χ0) is 14.7. The summed E-state index contributed by atoms with van der Waals surface area (Å²) in [4.78, 5) is 0. The molecule has 0 aliphatic carbocycles. The smallest absolute Gasteiger partial charge is 0.0982 e. The van der Waals surface area contributed by atoms with E-state index >= 15 is 0 Å². The van der Waals surface area contributed by atoms with Crippen LogP contribution in [-0.4, -0.2) is 17.2 Å². The first-order valence-electron chi connectivity index (χ1n) is 7.09. The third-order valence-electron chi connectivity index (χ3n) is 2.72. The average Bonchev–Trinajstić information content (AvgIpc) is 2.23. The number of nitrogens with one attached hydrogen (secondary N) is 1. The molecule has 0 bridgehead atoms. The highest BCUT2D eigenvalue weighted by atomic mass is 16.5. The van der Waals surface area contributed by atoms with Gasteiger partial charge >= 0.3 is 0 Å². The molecule has 1 N–H and O–H groups in total. The maximum atomic E-state index is 6.27. The molecule has 0 aromatic heterocycles. The molecule has 0 spiro atoms. The van der Waals surface area contributed by atoms with Crippen molar-refractivity contribution in [3.8, 4) is 0 Å². The van der Waals surface area contributed by atoms with Crippen LogP contribution in [0.5, 0.6) is 0 Å². The predicted molar refractivity (Wildman–Crippen MR) is 82.4 cm³/mol. The molecule has 1 aromatic carbocycles. The topological polar surface area (TPSA) is 21.3 Å². The molecule has 19 heavy (non-hydrogen) atoms. The molecule has 0 saturated heterocycles. The van der Waals surface area contributed by atoms with Crippen LogP contribution in [0.25, 0.3) is 0 Å². The van der Waals surface area contributed by atoms with Gasteiger partial charge in [-0.25, -0.2) is 0 Å². The summed E-state index contributed by atoms with van der Waals surface area (Å²) in [6.45, 7) is 15.1. The highest BCUT2D eigenvalue weighted by molar-refractivity contribution is 5.19. The highest BCUT2D eigenvalue weighted by Gasteiger charge is 2.27. The fourth-order valence-electron chi connectivity index (χ4n) is 2.24. The SMILES string of the molecule is C[C@H](NC(C)(C)C)[C@H](OC(C)(C)C)c1ccccc1. The lowest BCUT2D eigenvalue weighted by Gasteiger charge is -2.36. The lowest BCUT2D eigenvalue weighted by Crippen LogP contribution is -2.46. The van der Waals surface area contributed by atoms with Gasteiger partial charge in [0.2, 0.25) is 0 Å². The zero-order valence-electron chi connectivity index (χ0n) is 13.4. The Balaban J connectivity index is 2.93. The van der Waals surface area contributed by atoms with Crippen molar-refractivity contribution in [3.63, 3.8) is 0 Å². The summed E-state index contributed by atoms with van der Waals surface area (Å²) in [6, 6.07) is 10.7. The van der Waals surface area contributed by atoms with Gasteiger partial charge in [0.1, 0.15) is 0 Å². The Morgan fingerprint density at radius 3 is 1.89 bits per heavy atom. The first-order chi connectivity index (χ1) is 8.58. The molecule has 0 unspecified atom stereocenters. The van der Waals surface area contributed by atoms with Crippen molar-refractivity contribution in [1.29, 1.82) is 0 Å². The second-order valence-electron chi connectivity index (χ2n) is 7.24. The summed E-state index contributed by atoms with van der Waals surface area (Å²) >= 11 is 0. The summed E-state index contributed by atoms with van der Waals surface area (Å²) in [6.07, 6.45) is 0.0559. The van der Waals surface area contributed by atoms with Gasteiger partial charge in [0.05, 0.1) is 11.7 Å². The average molecular weight is 263 g/mol. The van der Waals surface area contributed by atoms with Crippen LogP contribution in [0.4, 0.5) is 0 Å². The predicted octanol–water partition coefficient (Wildman–Crippen LogP) is 4.32. The van der Waals surface area contributed by atoms with Crippen molar-refractivity contribution >= 4 is 0 Å². The summed E-state index contributed by atoms with van der Waals surface area (Å²) in [5.74, 6) is 0. The lowest BCUT2D eigenvalue weighted by molar-refractivity contribution is -0.0778. The van der Waals surface area contributed by atoms with Crippen LogP contribution in [0.3, 0.4) is 0 Å². The normalized spacial score (nSPS) is 16.2. The van der Waals surface area contributed by atoms with Gasteiger partial charge in [0, 0.05) is 11.6 Å². The molecule has 108 valence electrons. The van der Waals surface area contributed by atoms with E-state index in [0.29, 0.717) is 0 Å². The van der Waals surface area contributed by atoms with E-state index in [2.05, 4.69) is 78.0 Å². The quantitative estimate of drug-likeness (QED) is 0.873. The van der Waals surface area contributed by atoms with Crippen LogP contribution in [0.15, 0.2) is 30.3 Å². The first-order valence-corrected chi connectivity index (χ1v) is 7.09. The van der Waals surface area contributed by atoms with Crippen LogP contribution >= 0.6 is 0 Å². The third kappa shape index (κ3) is 6.22. The molecule has 2 nitrogen and oxygen atoms in total. The van der Waals surface area contributed by atoms with Gasteiger partial charge in [-0.3, -0.25) is 0 Å². The molecule has 2 heteroatoms. The van der Waals surface area contributed by atoms with E-state index in [1.54, 1.807) is 0 Å².